The number of benzene rings is 1. The Morgan fingerprint density at radius 1 is 1.50 bits per heavy atom. The second kappa shape index (κ2) is 3.08. The third-order valence-corrected chi connectivity index (χ3v) is 1.74. The van der Waals surface area contributed by atoms with E-state index in [2.05, 4.69) is 12.6 Å². The highest BCUT2D eigenvalue weighted by molar-refractivity contribution is 7.80. The van der Waals surface area contributed by atoms with Crippen LogP contribution in [0.2, 0.25) is 5.02 Å². The number of aldehydes is 1. The van der Waals surface area contributed by atoms with E-state index in [9.17, 15) is 4.79 Å². The van der Waals surface area contributed by atoms with E-state index in [1.807, 2.05) is 0 Å². The molecule has 0 N–H and O–H groups in total. The van der Waals surface area contributed by atoms with Gasteiger partial charge in [-0.05, 0) is 18.2 Å². The molecule has 0 saturated carbocycles. The lowest BCUT2D eigenvalue weighted by Gasteiger charge is -1.95. The van der Waals surface area contributed by atoms with Crippen molar-refractivity contribution in [1.29, 1.82) is 0 Å². The molecule has 0 fully saturated rings. The van der Waals surface area contributed by atoms with Gasteiger partial charge < -0.3 is 0 Å². The SMILES string of the molecule is O=Cc1ccc(Cl)cc1S. The molecule has 0 heterocycles. The molecule has 52 valence electrons. The zero-order chi connectivity index (χ0) is 7.56. The van der Waals surface area contributed by atoms with Crippen LogP contribution in [0.25, 0.3) is 0 Å². The first-order valence-electron chi connectivity index (χ1n) is 2.68. The molecule has 0 amide bonds. The molecule has 0 aliphatic heterocycles. The molecule has 1 nitrogen and oxygen atoms in total. The molecule has 0 aliphatic rings. The molecular weight excluding hydrogens is 168 g/mol. The Morgan fingerprint density at radius 2 is 2.20 bits per heavy atom. The maximum Gasteiger partial charge on any atom is 0.151 e. The lowest BCUT2D eigenvalue weighted by Crippen LogP contribution is -1.80. The molecule has 10 heavy (non-hydrogen) atoms. The van der Waals surface area contributed by atoms with E-state index in [1.165, 1.54) is 0 Å². The van der Waals surface area contributed by atoms with E-state index in [0.29, 0.717) is 15.5 Å². The average molecular weight is 173 g/mol. The molecule has 0 radical (unpaired) electrons. The zero-order valence-corrected chi connectivity index (χ0v) is 6.69. The van der Waals surface area contributed by atoms with Gasteiger partial charge in [0.1, 0.15) is 0 Å². The molecule has 1 aromatic rings. The van der Waals surface area contributed by atoms with Crippen LogP contribution in [0.1, 0.15) is 10.4 Å². The molecule has 1 aromatic carbocycles. The van der Waals surface area contributed by atoms with Gasteiger partial charge in [-0.25, -0.2) is 0 Å². The fourth-order valence-corrected chi connectivity index (χ4v) is 1.13. The van der Waals surface area contributed by atoms with Gasteiger partial charge in [0.15, 0.2) is 6.29 Å². The van der Waals surface area contributed by atoms with E-state index in [1.54, 1.807) is 18.2 Å². The van der Waals surface area contributed by atoms with Crippen molar-refractivity contribution in [1.82, 2.24) is 0 Å². The summed E-state index contributed by atoms with van der Waals surface area (Å²) in [7, 11) is 0. The summed E-state index contributed by atoms with van der Waals surface area (Å²) in [4.78, 5) is 10.9. The normalized spacial score (nSPS) is 9.40. The molecule has 3 heteroatoms. The van der Waals surface area contributed by atoms with Gasteiger partial charge in [0.05, 0.1) is 0 Å². The summed E-state index contributed by atoms with van der Waals surface area (Å²) >= 11 is 9.64. The van der Waals surface area contributed by atoms with E-state index >= 15 is 0 Å². The smallest absolute Gasteiger partial charge is 0.151 e. The first kappa shape index (κ1) is 7.63. The van der Waals surface area contributed by atoms with Gasteiger partial charge in [0.25, 0.3) is 0 Å². The topological polar surface area (TPSA) is 17.1 Å². The van der Waals surface area contributed by atoms with Gasteiger partial charge in [-0.15, -0.1) is 12.6 Å². The highest BCUT2D eigenvalue weighted by atomic mass is 35.5. The highest BCUT2D eigenvalue weighted by Crippen LogP contribution is 2.17. The molecule has 0 saturated heterocycles. The maximum atomic E-state index is 10.2. The summed E-state index contributed by atoms with van der Waals surface area (Å²) in [6.45, 7) is 0. The monoisotopic (exact) mass is 172 g/mol. The number of thiol groups is 1. The third kappa shape index (κ3) is 1.52. The second-order valence-corrected chi connectivity index (χ2v) is 2.74. The maximum absolute atomic E-state index is 10.2. The molecule has 0 unspecified atom stereocenters. The Morgan fingerprint density at radius 3 is 2.70 bits per heavy atom. The number of halogens is 1. The van der Waals surface area contributed by atoms with Crippen molar-refractivity contribution < 1.29 is 4.79 Å². The van der Waals surface area contributed by atoms with Gasteiger partial charge in [-0.2, -0.15) is 0 Å². The number of hydrogen-bond donors (Lipinski definition) is 1. The van der Waals surface area contributed by atoms with Crippen LogP contribution in [0.15, 0.2) is 23.1 Å². The number of hydrogen-bond acceptors (Lipinski definition) is 2. The van der Waals surface area contributed by atoms with Crippen LogP contribution >= 0.6 is 24.2 Å². The third-order valence-electron chi connectivity index (χ3n) is 1.12. The van der Waals surface area contributed by atoms with E-state index in [4.69, 9.17) is 11.6 Å². The minimum Gasteiger partial charge on any atom is -0.298 e. The quantitative estimate of drug-likeness (QED) is 0.509. The van der Waals surface area contributed by atoms with Gasteiger partial charge >= 0.3 is 0 Å². The molecule has 1 rings (SSSR count). The molecule has 0 aliphatic carbocycles. The summed E-state index contributed by atoms with van der Waals surface area (Å²) < 4.78 is 0. The van der Waals surface area contributed by atoms with E-state index in [-0.39, 0.29) is 0 Å². The van der Waals surface area contributed by atoms with Gasteiger partial charge in [0.2, 0.25) is 0 Å². The average Bonchev–Trinajstić information content (AvgIpc) is 1.88. The minimum absolute atomic E-state index is 0.563. The van der Waals surface area contributed by atoms with Crippen LogP contribution in [-0.4, -0.2) is 6.29 Å². The molecule has 0 spiro atoms. The Hall–Kier alpha value is -0.470. The first-order valence-corrected chi connectivity index (χ1v) is 3.50. The summed E-state index contributed by atoms with van der Waals surface area (Å²) in [5, 5.41) is 0.593. The fourth-order valence-electron chi connectivity index (χ4n) is 0.616. The van der Waals surface area contributed by atoms with E-state index in [0.717, 1.165) is 6.29 Å². The number of carbonyl (C=O) groups excluding carboxylic acids is 1. The van der Waals surface area contributed by atoms with Gasteiger partial charge in [-0.3, -0.25) is 4.79 Å². The van der Waals surface area contributed by atoms with Crippen molar-refractivity contribution >= 4 is 30.5 Å². The lowest BCUT2D eigenvalue weighted by molar-refractivity contribution is 0.112. The van der Waals surface area contributed by atoms with Crippen molar-refractivity contribution in [3.8, 4) is 0 Å². The van der Waals surface area contributed by atoms with Crippen LogP contribution in [-0.2, 0) is 0 Å². The summed E-state index contributed by atoms with van der Waals surface area (Å²) in [5.74, 6) is 0. The van der Waals surface area contributed by atoms with Crippen LogP contribution in [0, 0.1) is 0 Å². The first-order chi connectivity index (χ1) is 4.74. The Balaban J connectivity index is 3.19. The fraction of sp³-hybridized carbons (Fsp3) is 0. The van der Waals surface area contributed by atoms with Crippen LogP contribution in [0.4, 0.5) is 0 Å². The molecule has 0 aromatic heterocycles. The van der Waals surface area contributed by atoms with Crippen molar-refractivity contribution in [2.45, 2.75) is 4.90 Å². The molecular formula is C7H5ClOS. The Labute approximate surface area is 69.4 Å². The van der Waals surface area contributed by atoms with E-state index < -0.39 is 0 Å². The second-order valence-electron chi connectivity index (χ2n) is 1.82. The molecule has 0 bridgehead atoms. The van der Waals surface area contributed by atoms with Crippen LogP contribution < -0.4 is 0 Å². The van der Waals surface area contributed by atoms with Gasteiger partial charge in [-0.1, -0.05) is 11.6 Å². The van der Waals surface area contributed by atoms with Crippen LogP contribution in [0.3, 0.4) is 0 Å². The largest absolute Gasteiger partial charge is 0.298 e. The summed E-state index contributed by atoms with van der Waals surface area (Å²) in [6.07, 6.45) is 0.749. The summed E-state index contributed by atoms with van der Waals surface area (Å²) in [5.41, 5.74) is 0.563. The molecule has 0 atom stereocenters. The Bertz CT molecular complexity index is 260. The highest BCUT2D eigenvalue weighted by Gasteiger charge is 1.96. The van der Waals surface area contributed by atoms with Crippen molar-refractivity contribution in [2.24, 2.45) is 0 Å². The predicted molar refractivity (Wildman–Crippen MR) is 44.1 cm³/mol. The standard InChI is InChI=1S/C7H5ClOS/c8-6-2-1-5(4-9)7(10)3-6/h1-4,10H. The Kier molecular flexibility index (Phi) is 2.35. The van der Waals surface area contributed by atoms with Gasteiger partial charge in [0, 0.05) is 15.5 Å². The zero-order valence-electron chi connectivity index (χ0n) is 5.04. The van der Waals surface area contributed by atoms with Crippen molar-refractivity contribution in [3.63, 3.8) is 0 Å². The predicted octanol–water partition coefficient (Wildman–Crippen LogP) is 2.44. The van der Waals surface area contributed by atoms with Crippen molar-refractivity contribution in [3.05, 3.63) is 28.8 Å². The summed E-state index contributed by atoms with van der Waals surface area (Å²) in [6, 6.07) is 4.93. The van der Waals surface area contributed by atoms with Crippen LogP contribution in [0.5, 0.6) is 0 Å². The lowest BCUT2D eigenvalue weighted by atomic mass is 10.2. The van der Waals surface area contributed by atoms with Crippen molar-refractivity contribution in [2.75, 3.05) is 0 Å². The number of carbonyl (C=O) groups is 1. The minimum atomic E-state index is 0.563. The number of rotatable bonds is 1.